The van der Waals surface area contributed by atoms with Gasteiger partial charge in [-0.15, -0.1) is 24.2 Å². The summed E-state index contributed by atoms with van der Waals surface area (Å²) >= 11 is 1.28. The van der Waals surface area contributed by atoms with Crippen LogP contribution in [0.5, 0.6) is 0 Å². The van der Waals surface area contributed by atoms with Gasteiger partial charge in [0.25, 0.3) is 0 Å². The SMILES string of the molecule is CSc1nn2c(C)cc(CN)nc2c1S(=O)(=O)c1ccccc1.Cl. The van der Waals surface area contributed by atoms with E-state index in [4.69, 9.17) is 5.73 Å². The number of fused-ring (bicyclic) bond motifs is 1. The molecule has 0 unspecified atom stereocenters. The molecule has 3 rings (SSSR count). The Bertz CT molecular complexity index is 972. The zero-order valence-electron chi connectivity index (χ0n) is 13.1. The molecule has 2 aromatic heterocycles. The number of nitrogens with two attached hydrogens (primary N) is 1. The van der Waals surface area contributed by atoms with E-state index in [9.17, 15) is 8.42 Å². The van der Waals surface area contributed by atoms with Gasteiger partial charge in [-0.1, -0.05) is 18.2 Å². The van der Waals surface area contributed by atoms with E-state index in [1.807, 2.05) is 13.0 Å². The van der Waals surface area contributed by atoms with E-state index in [0.29, 0.717) is 16.4 Å². The molecule has 0 bridgehead atoms. The number of aromatic nitrogens is 3. The molecule has 128 valence electrons. The molecule has 0 aliphatic heterocycles. The Hall–Kier alpha value is -1.61. The molecule has 6 nitrogen and oxygen atoms in total. The maximum atomic E-state index is 13.1. The van der Waals surface area contributed by atoms with Gasteiger partial charge in [0.2, 0.25) is 9.84 Å². The number of benzene rings is 1. The number of nitrogens with zero attached hydrogens (tertiary/aromatic N) is 3. The summed E-state index contributed by atoms with van der Waals surface area (Å²) in [6, 6.07) is 10.1. The summed E-state index contributed by atoms with van der Waals surface area (Å²) in [5.41, 5.74) is 7.41. The van der Waals surface area contributed by atoms with Crippen LogP contribution < -0.4 is 5.73 Å². The Morgan fingerprint density at radius 1 is 1.25 bits per heavy atom. The molecule has 9 heteroatoms. The molecular weight excluding hydrogens is 368 g/mol. The first-order valence-corrected chi connectivity index (χ1v) is 9.63. The van der Waals surface area contributed by atoms with Crippen LogP contribution in [0, 0.1) is 6.92 Å². The summed E-state index contributed by atoms with van der Waals surface area (Å²) in [6.07, 6.45) is 1.80. The van der Waals surface area contributed by atoms with Crippen LogP contribution in [0.25, 0.3) is 5.65 Å². The summed E-state index contributed by atoms with van der Waals surface area (Å²) in [5, 5.41) is 4.82. The summed E-state index contributed by atoms with van der Waals surface area (Å²) in [4.78, 5) is 4.76. The number of sulfone groups is 1. The van der Waals surface area contributed by atoms with Crippen molar-refractivity contribution in [2.45, 2.75) is 28.3 Å². The summed E-state index contributed by atoms with van der Waals surface area (Å²) in [5.74, 6) is 0. The van der Waals surface area contributed by atoms with Crippen LogP contribution in [0.1, 0.15) is 11.4 Å². The first-order valence-electron chi connectivity index (χ1n) is 6.92. The van der Waals surface area contributed by atoms with Gasteiger partial charge >= 0.3 is 0 Å². The number of rotatable bonds is 4. The Morgan fingerprint density at radius 3 is 2.50 bits per heavy atom. The van der Waals surface area contributed by atoms with Crippen molar-refractivity contribution >= 4 is 39.7 Å². The number of thioether (sulfide) groups is 1. The van der Waals surface area contributed by atoms with E-state index < -0.39 is 9.84 Å². The molecule has 0 fully saturated rings. The molecule has 1 aromatic carbocycles. The highest BCUT2D eigenvalue weighted by Crippen LogP contribution is 2.32. The van der Waals surface area contributed by atoms with Gasteiger partial charge in [-0.25, -0.2) is 17.9 Å². The Balaban J connectivity index is 0.00000208. The predicted molar refractivity (Wildman–Crippen MR) is 96.5 cm³/mol. The maximum absolute atomic E-state index is 13.1. The highest BCUT2D eigenvalue weighted by atomic mass is 35.5. The third kappa shape index (κ3) is 3.02. The fraction of sp³-hybridized carbons (Fsp3) is 0.200. The summed E-state index contributed by atoms with van der Waals surface area (Å²) in [7, 11) is -3.71. The van der Waals surface area contributed by atoms with Crippen LogP contribution in [-0.4, -0.2) is 29.3 Å². The zero-order valence-corrected chi connectivity index (χ0v) is 15.6. The van der Waals surface area contributed by atoms with Gasteiger partial charge in [0.05, 0.1) is 10.6 Å². The highest BCUT2D eigenvalue weighted by Gasteiger charge is 2.28. The topological polar surface area (TPSA) is 90.3 Å². The molecule has 0 spiro atoms. The van der Waals surface area contributed by atoms with E-state index in [1.165, 1.54) is 11.8 Å². The molecule has 0 atom stereocenters. The van der Waals surface area contributed by atoms with Crippen molar-refractivity contribution in [3.63, 3.8) is 0 Å². The lowest BCUT2D eigenvalue weighted by Crippen LogP contribution is -2.07. The first kappa shape index (κ1) is 18.7. The van der Waals surface area contributed by atoms with Gasteiger partial charge in [-0.05, 0) is 31.4 Å². The third-order valence-electron chi connectivity index (χ3n) is 3.47. The van der Waals surface area contributed by atoms with Crippen molar-refractivity contribution in [3.8, 4) is 0 Å². The van der Waals surface area contributed by atoms with Gasteiger partial charge in [-0.2, -0.15) is 5.10 Å². The van der Waals surface area contributed by atoms with Crippen molar-refractivity contribution in [1.82, 2.24) is 14.6 Å². The zero-order chi connectivity index (χ0) is 16.6. The minimum absolute atomic E-state index is 0. The van der Waals surface area contributed by atoms with Gasteiger partial charge in [0.1, 0.15) is 5.03 Å². The van der Waals surface area contributed by atoms with Crippen molar-refractivity contribution in [2.75, 3.05) is 6.26 Å². The van der Waals surface area contributed by atoms with E-state index >= 15 is 0 Å². The lowest BCUT2D eigenvalue weighted by atomic mass is 10.3. The second kappa shape index (κ2) is 7.10. The van der Waals surface area contributed by atoms with E-state index in [-0.39, 0.29) is 28.7 Å². The van der Waals surface area contributed by atoms with Gasteiger partial charge in [0.15, 0.2) is 10.5 Å². The Labute approximate surface area is 150 Å². The minimum Gasteiger partial charge on any atom is -0.325 e. The van der Waals surface area contributed by atoms with Crippen LogP contribution in [0.2, 0.25) is 0 Å². The van der Waals surface area contributed by atoms with Crippen molar-refractivity contribution in [1.29, 1.82) is 0 Å². The number of aryl methyl sites for hydroxylation is 1. The Morgan fingerprint density at radius 2 is 1.92 bits per heavy atom. The molecule has 0 amide bonds. The lowest BCUT2D eigenvalue weighted by molar-refractivity contribution is 0.594. The van der Waals surface area contributed by atoms with Crippen LogP contribution in [0.4, 0.5) is 0 Å². The lowest BCUT2D eigenvalue weighted by Gasteiger charge is -2.06. The number of hydrogen-bond acceptors (Lipinski definition) is 6. The molecule has 0 radical (unpaired) electrons. The maximum Gasteiger partial charge on any atom is 0.213 e. The fourth-order valence-corrected chi connectivity index (χ4v) is 4.79. The average Bonchev–Trinajstić information content (AvgIpc) is 2.95. The van der Waals surface area contributed by atoms with E-state index in [0.717, 1.165) is 5.69 Å². The largest absolute Gasteiger partial charge is 0.325 e. The van der Waals surface area contributed by atoms with Crippen LogP contribution in [0.3, 0.4) is 0 Å². The van der Waals surface area contributed by atoms with Crippen LogP contribution in [-0.2, 0) is 16.4 Å². The highest BCUT2D eigenvalue weighted by molar-refractivity contribution is 7.99. The summed E-state index contributed by atoms with van der Waals surface area (Å²) < 4.78 is 27.7. The van der Waals surface area contributed by atoms with Gasteiger partial charge in [-0.3, -0.25) is 0 Å². The smallest absolute Gasteiger partial charge is 0.213 e. The molecule has 24 heavy (non-hydrogen) atoms. The van der Waals surface area contributed by atoms with Crippen molar-refractivity contribution in [2.24, 2.45) is 5.73 Å². The molecule has 0 saturated heterocycles. The first-order chi connectivity index (χ1) is 11.0. The van der Waals surface area contributed by atoms with E-state index in [2.05, 4.69) is 10.1 Å². The predicted octanol–water partition coefficient (Wildman–Crippen LogP) is 2.47. The van der Waals surface area contributed by atoms with Gasteiger partial charge < -0.3 is 5.73 Å². The summed E-state index contributed by atoms with van der Waals surface area (Å²) in [6.45, 7) is 2.09. The molecule has 0 aliphatic carbocycles. The normalized spacial score (nSPS) is 11.5. The van der Waals surface area contributed by atoms with Crippen LogP contribution in [0.15, 0.2) is 51.2 Å². The molecule has 0 saturated carbocycles. The molecule has 2 heterocycles. The standard InChI is InChI=1S/C15H16N4O2S2.ClH/c1-10-8-11(9-16)17-14-13(15(22-2)18-19(10)14)23(20,21)12-6-4-3-5-7-12;/h3-8H,9,16H2,1-2H3;1H. The second-order valence-corrected chi connectivity index (χ2v) is 7.66. The second-order valence-electron chi connectivity index (χ2n) is 4.98. The molecule has 3 aromatic rings. The van der Waals surface area contributed by atoms with Gasteiger partial charge in [0, 0.05) is 12.2 Å². The molecular formula is C15H17ClN4O2S2. The number of hydrogen-bond donors (Lipinski definition) is 1. The number of halogens is 1. The van der Waals surface area contributed by atoms with Crippen molar-refractivity contribution in [3.05, 3.63) is 47.8 Å². The molecule has 2 N–H and O–H groups in total. The fourth-order valence-electron chi connectivity index (χ4n) is 2.38. The monoisotopic (exact) mass is 384 g/mol. The molecule has 0 aliphatic rings. The Kier molecular flexibility index (Phi) is 5.54. The van der Waals surface area contributed by atoms with E-state index in [1.54, 1.807) is 41.1 Å². The van der Waals surface area contributed by atoms with Crippen LogP contribution >= 0.6 is 24.2 Å². The third-order valence-corrected chi connectivity index (χ3v) is 6.08. The van der Waals surface area contributed by atoms with Crippen molar-refractivity contribution < 1.29 is 8.42 Å². The average molecular weight is 385 g/mol. The quantitative estimate of drug-likeness (QED) is 0.695. The minimum atomic E-state index is -3.71.